The average Bonchev–Trinajstić information content (AvgIpc) is 3.05. The van der Waals surface area contributed by atoms with Crippen LogP contribution in [0.3, 0.4) is 0 Å². The fourth-order valence-corrected chi connectivity index (χ4v) is 6.66. The van der Waals surface area contributed by atoms with Gasteiger partial charge in [-0.05, 0) is 87.4 Å². The lowest BCUT2D eigenvalue weighted by atomic mass is 9.97. The van der Waals surface area contributed by atoms with Crippen molar-refractivity contribution < 1.29 is 17.9 Å². The molecule has 0 saturated carbocycles. The second-order valence-corrected chi connectivity index (χ2v) is 12.0. The number of aromatic nitrogens is 2. The van der Waals surface area contributed by atoms with Crippen LogP contribution in [0.4, 0.5) is 41.9 Å². The van der Waals surface area contributed by atoms with E-state index < -0.39 is 11.6 Å². The summed E-state index contributed by atoms with van der Waals surface area (Å²) in [5, 5.41) is 6.39. The number of piperidine rings is 1. The van der Waals surface area contributed by atoms with E-state index in [-0.39, 0.29) is 28.8 Å². The minimum atomic E-state index is -0.700. The van der Waals surface area contributed by atoms with Gasteiger partial charge >= 0.3 is 0 Å². The van der Waals surface area contributed by atoms with Crippen LogP contribution in [0.5, 0.6) is 5.75 Å². The van der Waals surface area contributed by atoms with Gasteiger partial charge in [0.25, 0.3) is 0 Å². The molecule has 2 N–H and O–H groups in total. The summed E-state index contributed by atoms with van der Waals surface area (Å²) in [6.45, 7) is 4.04. The molecule has 0 bridgehead atoms. The minimum Gasteiger partial charge on any atom is -0.486 e. The maximum Gasteiger partial charge on any atom is 0.227 e. The molecule has 3 aromatic carbocycles. The molecule has 234 valence electrons. The fourth-order valence-electron chi connectivity index (χ4n) is 6.66. The Balaban J connectivity index is 1.16. The molecule has 0 atom stereocenters. The Labute approximate surface area is 260 Å². The van der Waals surface area contributed by atoms with Gasteiger partial charge in [-0.1, -0.05) is 12.1 Å². The van der Waals surface area contributed by atoms with Gasteiger partial charge in [0.2, 0.25) is 5.95 Å². The number of nitrogens with zero attached hydrogens (tertiary/aromatic N) is 5. The molecule has 1 fully saturated rings. The lowest BCUT2D eigenvalue weighted by molar-refractivity contribution is 0.249. The number of hydrogen-bond donors (Lipinski definition) is 2. The molecule has 7 rings (SSSR count). The van der Waals surface area contributed by atoms with Crippen LogP contribution in [-0.4, -0.2) is 67.8 Å². The first kappa shape index (κ1) is 29.4. The number of halogens is 3. The molecule has 45 heavy (non-hydrogen) atoms. The van der Waals surface area contributed by atoms with Crippen LogP contribution in [0.1, 0.15) is 24.0 Å². The van der Waals surface area contributed by atoms with Crippen molar-refractivity contribution in [3.63, 3.8) is 0 Å². The molecule has 0 unspecified atom stereocenters. The molecule has 8 nitrogen and oxygen atoms in total. The fraction of sp³-hybridized carbons (Fsp3) is 0.353. The highest BCUT2D eigenvalue weighted by atomic mass is 19.1. The van der Waals surface area contributed by atoms with Crippen molar-refractivity contribution in [2.24, 2.45) is 0 Å². The normalized spacial score (nSPS) is 16.8. The summed E-state index contributed by atoms with van der Waals surface area (Å²) in [6, 6.07) is 14.5. The average molecular weight is 616 g/mol. The van der Waals surface area contributed by atoms with Gasteiger partial charge in [-0.15, -0.1) is 0 Å². The Morgan fingerprint density at radius 3 is 2.58 bits per heavy atom. The first-order valence-corrected chi connectivity index (χ1v) is 15.4. The third-order valence-corrected chi connectivity index (χ3v) is 9.04. The second kappa shape index (κ2) is 12.2. The molecule has 0 spiro atoms. The molecule has 4 heterocycles. The number of nitrogens with one attached hydrogen (secondary N) is 2. The van der Waals surface area contributed by atoms with Gasteiger partial charge in [-0.25, -0.2) is 23.1 Å². The molecule has 0 radical (unpaired) electrons. The molecule has 3 aliphatic heterocycles. The molecular weight excluding hydrogens is 579 g/mol. The van der Waals surface area contributed by atoms with E-state index in [1.807, 2.05) is 17.0 Å². The van der Waals surface area contributed by atoms with Gasteiger partial charge in [0.1, 0.15) is 18.1 Å². The summed E-state index contributed by atoms with van der Waals surface area (Å²) in [7, 11) is 4.15. The molecule has 0 aliphatic carbocycles. The van der Waals surface area contributed by atoms with E-state index in [1.165, 1.54) is 23.3 Å². The predicted molar refractivity (Wildman–Crippen MR) is 170 cm³/mol. The van der Waals surface area contributed by atoms with Crippen molar-refractivity contribution >= 4 is 28.7 Å². The van der Waals surface area contributed by atoms with Gasteiger partial charge in [0, 0.05) is 42.6 Å². The summed E-state index contributed by atoms with van der Waals surface area (Å²) in [6.07, 6.45) is 3.83. The highest BCUT2D eigenvalue weighted by Crippen LogP contribution is 2.43. The van der Waals surface area contributed by atoms with Crippen molar-refractivity contribution in [2.45, 2.75) is 31.8 Å². The molecule has 1 saturated heterocycles. The number of anilines is 5. The highest BCUT2D eigenvalue weighted by Gasteiger charge is 2.28. The molecule has 11 heteroatoms. The Bertz CT molecular complexity index is 1720. The van der Waals surface area contributed by atoms with Crippen LogP contribution in [0.2, 0.25) is 0 Å². The van der Waals surface area contributed by atoms with Crippen LogP contribution in [-0.2, 0) is 13.0 Å². The van der Waals surface area contributed by atoms with E-state index >= 15 is 13.2 Å². The predicted octanol–water partition coefficient (Wildman–Crippen LogP) is 6.01. The Kier molecular flexibility index (Phi) is 7.97. The van der Waals surface area contributed by atoms with Crippen molar-refractivity contribution in [1.82, 2.24) is 20.2 Å². The zero-order valence-electron chi connectivity index (χ0n) is 25.4. The zero-order valence-corrected chi connectivity index (χ0v) is 25.4. The van der Waals surface area contributed by atoms with E-state index in [4.69, 9.17) is 4.74 Å². The van der Waals surface area contributed by atoms with Crippen LogP contribution in [0.25, 0.3) is 11.3 Å². The number of fused-ring (bicyclic) bond motifs is 2. The molecule has 3 aliphatic rings. The highest BCUT2D eigenvalue weighted by molar-refractivity contribution is 5.79. The van der Waals surface area contributed by atoms with Crippen molar-refractivity contribution in [2.75, 3.05) is 62.0 Å². The van der Waals surface area contributed by atoms with E-state index in [0.29, 0.717) is 36.3 Å². The van der Waals surface area contributed by atoms with E-state index in [2.05, 4.69) is 50.6 Å². The van der Waals surface area contributed by atoms with Gasteiger partial charge < -0.3 is 30.1 Å². The van der Waals surface area contributed by atoms with Crippen LogP contribution >= 0.6 is 0 Å². The smallest absolute Gasteiger partial charge is 0.227 e. The molecule has 4 aromatic rings. The third kappa shape index (κ3) is 5.78. The van der Waals surface area contributed by atoms with Crippen LogP contribution in [0.15, 0.2) is 54.7 Å². The number of rotatable bonds is 6. The third-order valence-electron chi connectivity index (χ3n) is 9.04. The van der Waals surface area contributed by atoms with Crippen molar-refractivity contribution in [1.29, 1.82) is 0 Å². The maximum absolute atomic E-state index is 15.5. The number of hydrogen-bond acceptors (Lipinski definition) is 8. The first-order chi connectivity index (χ1) is 21.9. The quantitative estimate of drug-likeness (QED) is 0.274. The monoisotopic (exact) mass is 615 g/mol. The number of ether oxygens (including phenoxy) is 1. The topological polar surface area (TPSA) is 68.8 Å². The van der Waals surface area contributed by atoms with Gasteiger partial charge in [-0.3, -0.25) is 0 Å². The summed E-state index contributed by atoms with van der Waals surface area (Å²) >= 11 is 0. The molecular formula is C34H36F3N7O. The second-order valence-electron chi connectivity index (χ2n) is 12.0. The summed E-state index contributed by atoms with van der Waals surface area (Å²) < 4.78 is 51.7. The van der Waals surface area contributed by atoms with Crippen molar-refractivity contribution in [3.05, 3.63) is 83.3 Å². The van der Waals surface area contributed by atoms with E-state index in [0.717, 1.165) is 57.3 Å². The minimum absolute atomic E-state index is 0.0696. The van der Waals surface area contributed by atoms with Gasteiger partial charge in [-0.2, -0.15) is 0 Å². The Hall–Kier alpha value is -4.35. The molecule has 1 aromatic heterocycles. The SMILES string of the molecule is CN(C)C1CCN(c2ccc(Nc3ncc(F)c(-c4cc(F)c5c(c4)N(c4cccc6c4CCNC6)CCO5)n3)cc2F)CC1. The summed E-state index contributed by atoms with van der Waals surface area (Å²) in [5.74, 6) is -1.46. The standard InChI is InChI=1S/C34H36F3N7O/c1-42(2)24-9-12-43(13-10-24)30-7-6-23(18-26(30)35)40-34-39-20-28(37)32(41-34)22-16-27(36)33-31(17-22)44(14-15-45-33)29-5-3-4-21-19-38-11-8-25(21)29/h3-7,16-18,20,24,38H,8-15,19H2,1-2H3,(H,39,40,41). The van der Waals surface area contributed by atoms with E-state index in [9.17, 15) is 0 Å². The molecule has 0 amide bonds. The lowest BCUT2D eigenvalue weighted by Gasteiger charge is -2.36. The van der Waals surface area contributed by atoms with Gasteiger partial charge in [0.15, 0.2) is 17.4 Å². The van der Waals surface area contributed by atoms with Crippen LogP contribution < -0.4 is 25.2 Å². The van der Waals surface area contributed by atoms with Crippen molar-refractivity contribution in [3.8, 4) is 17.0 Å². The zero-order chi connectivity index (χ0) is 31.1. The Morgan fingerprint density at radius 1 is 0.933 bits per heavy atom. The number of benzene rings is 3. The van der Waals surface area contributed by atoms with Gasteiger partial charge in [0.05, 0.1) is 24.1 Å². The first-order valence-electron chi connectivity index (χ1n) is 15.4. The lowest BCUT2D eigenvalue weighted by Crippen LogP contribution is -2.42. The van der Waals surface area contributed by atoms with Crippen LogP contribution in [0, 0.1) is 17.5 Å². The Morgan fingerprint density at radius 2 is 1.78 bits per heavy atom. The largest absolute Gasteiger partial charge is 0.486 e. The maximum atomic E-state index is 15.5. The van der Waals surface area contributed by atoms with E-state index in [1.54, 1.807) is 18.2 Å². The summed E-state index contributed by atoms with van der Waals surface area (Å²) in [4.78, 5) is 14.8. The summed E-state index contributed by atoms with van der Waals surface area (Å²) in [5.41, 5.74) is 5.09.